The number of ether oxygens (including phenoxy) is 1. The fourth-order valence-electron chi connectivity index (χ4n) is 2.37. The van der Waals surface area contributed by atoms with Crippen LogP contribution in [0.5, 0.6) is 0 Å². The van der Waals surface area contributed by atoms with E-state index in [0.717, 1.165) is 6.07 Å². The molecule has 0 atom stereocenters. The van der Waals surface area contributed by atoms with Gasteiger partial charge in [-0.05, 0) is 39.0 Å². The Morgan fingerprint density at radius 3 is 2.50 bits per heavy atom. The number of nitrogens with one attached hydrogen (secondary N) is 2. The number of aryl methyl sites for hydroxylation is 1. The zero-order chi connectivity index (χ0) is 22.5. The van der Waals surface area contributed by atoms with Crippen molar-refractivity contribution in [1.82, 2.24) is 9.78 Å². The Kier molecular flexibility index (Phi) is 6.71. The van der Waals surface area contributed by atoms with E-state index in [4.69, 9.17) is 10.00 Å². The Bertz CT molecular complexity index is 971. The van der Waals surface area contributed by atoms with Gasteiger partial charge in [0, 0.05) is 24.8 Å². The van der Waals surface area contributed by atoms with Crippen LogP contribution in [0.3, 0.4) is 0 Å². The molecule has 0 aliphatic rings. The van der Waals surface area contributed by atoms with E-state index in [0.29, 0.717) is 11.8 Å². The van der Waals surface area contributed by atoms with Crippen LogP contribution in [0.2, 0.25) is 0 Å². The number of hydrogen-bond donors (Lipinski definition) is 2. The molecule has 0 fully saturated rings. The second-order valence-electron chi connectivity index (χ2n) is 7.29. The van der Waals surface area contributed by atoms with E-state index in [1.165, 1.54) is 29.2 Å². The Balaban J connectivity index is 1.92. The number of alkyl halides is 3. The zero-order valence-electron chi connectivity index (χ0n) is 16.5. The number of amides is 2. The SMILES string of the molecule is CC(C)(C)OC(=O)Nc1cnn(CCC(=O)Nc2ccc(C#N)c(C(F)(F)F)c2)c1. The summed E-state index contributed by atoms with van der Waals surface area (Å²) in [7, 11) is 0. The Morgan fingerprint density at radius 2 is 1.90 bits per heavy atom. The number of benzene rings is 1. The molecule has 2 amide bonds. The summed E-state index contributed by atoms with van der Waals surface area (Å²) < 4.78 is 45.5. The number of nitrogens with zero attached hydrogens (tertiary/aromatic N) is 3. The average molecular weight is 423 g/mol. The largest absolute Gasteiger partial charge is 0.444 e. The minimum atomic E-state index is -4.71. The number of nitriles is 1. The van der Waals surface area contributed by atoms with Crippen molar-refractivity contribution in [2.45, 2.75) is 45.5 Å². The van der Waals surface area contributed by atoms with Gasteiger partial charge in [-0.3, -0.25) is 14.8 Å². The first-order valence-electron chi connectivity index (χ1n) is 8.81. The quantitative estimate of drug-likeness (QED) is 0.751. The standard InChI is InChI=1S/C19H20F3N5O3/c1-18(2,3)30-17(29)26-14-10-24-27(11-14)7-6-16(28)25-13-5-4-12(9-23)15(8-13)19(20,21)22/h4-5,8,10-11H,6-7H2,1-3H3,(H,25,28)(H,26,29). The van der Waals surface area contributed by atoms with Gasteiger partial charge in [0.25, 0.3) is 0 Å². The number of carbonyl (C=O) groups excluding carboxylic acids is 2. The number of aromatic nitrogens is 2. The molecule has 1 aromatic heterocycles. The van der Waals surface area contributed by atoms with Crippen molar-refractivity contribution >= 4 is 23.4 Å². The molecular formula is C19H20F3N5O3. The van der Waals surface area contributed by atoms with Gasteiger partial charge >= 0.3 is 12.3 Å². The molecule has 2 rings (SSSR count). The lowest BCUT2D eigenvalue weighted by atomic mass is 10.1. The van der Waals surface area contributed by atoms with Gasteiger partial charge in [-0.15, -0.1) is 0 Å². The maximum Gasteiger partial charge on any atom is 0.417 e. The van der Waals surface area contributed by atoms with Crippen molar-refractivity contribution in [1.29, 1.82) is 5.26 Å². The third-order valence-electron chi connectivity index (χ3n) is 3.58. The normalized spacial score (nSPS) is 11.5. The summed E-state index contributed by atoms with van der Waals surface area (Å²) >= 11 is 0. The molecule has 30 heavy (non-hydrogen) atoms. The van der Waals surface area contributed by atoms with E-state index in [2.05, 4.69) is 15.7 Å². The lowest BCUT2D eigenvalue weighted by molar-refractivity contribution is -0.137. The van der Waals surface area contributed by atoms with Crippen LogP contribution >= 0.6 is 0 Å². The van der Waals surface area contributed by atoms with Crippen LogP contribution < -0.4 is 10.6 Å². The first-order valence-corrected chi connectivity index (χ1v) is 8.81. The fraction of sp³-hybridized carbons (Fsp3) is 0.368. The average Bonchev–Trinajstić information content (AvgIpc) is 3.04. The van der Waals surface area contributed by atoms with Gasteiger partial charge in [-0.2, -0.15) is 23.5 Å². The van der Waals surface area contributed by atoms with E-state index < -0.39 is 34.9 Å². The van der Waals surface area contributed by atoms with E-state index >= 15 is 0 Å². The molecule has 1 aromatic carbocycles. The molecule has 0 aliphatic carbocycles. The molecule has 11 heteroatoms. The molecule has 0 spiro atoms. The molecule has 0 saturated heterocycles. The van der Waals surface area contributed by atoms with Gasteiger partial charge in [0.1, 0.15) is 5.60 Å². The smallest absolute Gasteiger partial charge is 0.417 e. The predicted octanol–water partition coefficient (Wildman–Crippen LogP) is 4.15. The third-order valence-corrected chi connectivity index (χ3v) is 3.58. The van der Waals surface area contributed by atoms with Crippen LogP contribution in [0, 0.1) is 11.3 Å². The van der Waals surface area contributed by atoms with Crippen LogP contribution in [0.25, 0.3) is 0 Å². The van der Waals surface area contributed by atoms with Crippen molar-refractivity contribution in [3.63, 3.8) is 0 Å². The van der Waals surface area contributed by atoms with Crippen molar-refractivity contribution in [3.8, 4) is 6.07 Å². The van der Waals surface area contributed by atoms with Crippen LogP contribution in [0.4, 0.5) is 29.3 Å². The van der Waals surface area contributed by atoms with E-state index in [1.54, 1.807) is 20.8 Å². The Hall–Kier alpha value is -3.55. The highest BCUT2D eigenvalue weighted by Crippen LogP contribution is 2.33. The third kappa shape index (κ3) is 6.80. The minimum Gasteiger partial charge on any atom is -0.444 e. The van der Waals surface area contributed by atoms with Crippen LogP contribution in [0.15, 0.2) is 30.6 Å². The van der Waals surface area contributed by atoms with E-state index in [-0.39, 0.29) is 18.7 Å². The molecule has 0 radical (unpaired) electrons. The predicted molar refractivity (Wildman–Crippen MR) is 101 cm³/mol. The summed E-state index contributed by atoms with van der Waals surface area (Å²) in [4.78, 5) is 23.8. The summed E-state index contributed by atoms with van der Waals surface area (Å²) in [5.74, 6) is -0.537. The molecule has 160 valence electrons. The number of hydrogen-bond acceptors (Lipinski definition) is 5. The Morgan fingerprint density at radius 1 is 1.20 bits per heavy atom. The molecule has 0 unspecified atom stereocenters. The molecule has 2 aromatic rings. The first kappa shape index (κ1) is 22.7. The fourth-order valence-corrected chi connectivity index (χ4v) is 2.37. The Labute approximate surface area is 170 Å². The maximum atomic E-state index is 13.0. The molecular weight excluding hydrogens is 403 g/mol. The van der Waals surface area contributed by atoms with Gasteiger partial charge < -0.3 is 10.1 Å². The zero-order valence-corrected chi connectivity index (χ0v) is 16.5. The highest BCUT2D eigenvalue weighted by atomic mass is 19.4. The number of anilines is 2. The number of carbonyl (C=O) groups is 2. The van der Waals surface area contributed by atoms with Gasteiger partial charge in [-0.25, -0.2) is 4.79 Å². The first-order chi connectivity index (χ1) is 13.9. The van der Waals surface area contributed by atoms with Crippen molar-refractivity contribution in [3.05, 3.63) is 41.7 Å². The van der Waals surface area contributed by atoms with Gasteiger partial charge in [0.15, 0.2) is 0 Å². The topological polar surface area (TPSA) is 109 Å². The highest BCUT2D eigenvalue weighted by Gasteiger charge is 2.34. The summed E-state index contributed by atoms with van der Waals surface area (Å²) in [5.41, 5.74) is -2.00. The van der Waals surface area contributed by atoms with Crippen molar-refractivity contribution < 1.29 is 27.5 Å². The molecule has 2 N–H and O–H groups in total. The van der Waals surface area contributed by atoms with E-state index in [9.17, 15) is 22.8 Å². The minimum absolute atomic E-state index is 0.0703. The molecule has 0 saturated carbocycles. The monoisotopic (exact) mass is 423 g/mol. The van der Waals surface area contributed by atoms with Crippen molar-refractivity contribution in [2.24, 2.45) is 0 Å². The molecule has 8 nitrogen and oxygen atoms in total. The summed E-state index contributed by atoms with van der Waals surface area (Å²) in [5, 5.41) is 17.7. The second kappa shape index (κ2) is 8.86. The van der Waals surface area contributed by atoms with Gasteiger partial charge in [0.05, 0.1) is 29.1 Å². The lowest BCUT2D eigenvalue weighted by Gasteiger charge is -2.19. The van der Waals surface area contributed by atoms with Crippen LogP contribution in [-0.2, 0) is 22.3 Å². The van der Waals surface area contributed by atoms with Crippen LogP contribution in [-0.4, -0.2) is 27.4 Å². The summed E-state index contributed by atoms with van der Waals surface area (Å²) in [6.45, 7) is 5.30. The molecule has 0 aliphatic heterocycles. The maximum absolute atomic E-state index is 13.0. The summed E-state index contributed by atoms with van der Waals surface area (Å²) in [6, 6.07) is 4.41. The highest BCUT2D eigenvalue weighted by molar-refractivity contribution is 5.91. The second-order valence-corrected chi connectivity index (χ2v) is 7.29. The number of rotatable bonds is 5. The van der Waals surface area contributed by atoms with Crippen molar-refractivity contribution in [2.75, 3.05) is 10.6 Å². The molecule has 1 heterocycles. The van der Waals surface area contributed by atoms with Crippen LogP contribution in [0.1, 0.15) is 38.3 Å². The molecule has 0 bridgehead atoms. The van der Waals surface area contributed by atoms with Gasteiger partial charge in [0.2, 0.25) is 5.91 Å². The lowest BCUT2D eigenvalue weighted by Crippen LogP contribution is -2.27. The number of halogens is 3. The van der Waals surface area contributed by atoms with Gasteiger partial charge in [-0.1, -0.05) is 0 Å². The van der Waals surface area contributed by atoms with E-state index in [1.807, 2.05) is 0 Å². The summed E-state index contributed by atoms with van der Waals surface area (Å²) in [6.07, 6.45) is -2.58.